The minimum absolute atomic E-state index is 0.0395. The lowest BCUT2D eigenvalue weighted by Crippen LogP contribution is -2.00. The van der Waals surface area contributed by atoms with Gasteiger partial charge in [0.1, 0.15) is 18.0 Å². The molecule has 0 amide bonds. The van der Waals surface area contributed by atoms with Crippen LogP contribution in [0.25, 0.3) is 0 Å². The molecule has 0 atom stereocenters. The number of hydrogen-bond donors (Lipinski definition) is 0. The van der Waals surface area contributed by atoms with Crippen molar-refractivity contribution in [2.75, 3.05) is 0 Å². The van der Waals surface area contributed by atoms with E-state index in [9.17, 15) is 8.78 Å². The number of aryl methyl sites for hydroxylation is 1. The molecule has 0 saturated carbocycles. The molecule has 0 N–H and O–H groups in total. The van der Waals surface area contributed by atoms with E-state index in [1.54, 1.807) is 6.92 Å². The highest BCUT2D eigenvalue weighted by Crippen LogP contribution is 2.26. The summed E-state index contributed by atoms with van der Waals surface area (Å²) in [6, 6.07) is 2.35. The summed E-state index contributed by atoms with van der Waals surface area (Å²) < 4.78 is 36.3. The van der Waals surface area contributed by atoms with Gasteiger partial charge in [-0.2, -0.15) is 4.39 Å². The maximum Gasteiger partial charge on any atom is 0.200 e. The Labute approximate surface area is 104 Å². The Balaban J connectivity index is 2.17. The van der Waals surface area contributed by atoms with Crippen molar-refractivity contribution in [3.05, 3.63) is 39.6 Å². The van der Waals surface area contributed by atoms with Gasteiger partial charge < -0.3 is 4.74 Å². The fourth-order valence-corrected chi connectivity index (χ4v) is 1.57. The first kappa shape index (κ1) is 12.0. The van der Waals surface area contributed by atoms with Gasteiger partial charge in [-0.3, -0.25) is 0 Å². The van der Waals surface area contributed by atoms with Crippen LogP contribution in [-0.2, 0) is 6.61 Å². The van der Waals surface area contributed by atoms with Crippen molar-refractivity contribution in [1.82, 2.24) is 10.3 Å². The van der Waals surface area contributed by atoms with E-state index in [2.05, 4.69) is 30.9 Å². The van der Waals surface area contributed by atoms with E-state index in [1.807, 2.05) is 0 Å². The second-order valence-electron chi connectivity index (χ2n) is 3.28. The average molecular weight is 305 g/mol. The third kappa shape index (κ3) is 2.60. The highest BCUT2D eigenvalue weighted by atomic mass is 79.9. The normalized spacial score (nSPS) is 10.6. The van der Waals surface area contributed by atoms with Crippen LogP contribution in [0.1, 0.15) is 11.4 Å². The standard InChI is InChI=1S/C10H7BrF2N2O2/c1-5-8(15-17-14-5)4-16-9-3-6(11)2-7(12)10(9)13/h2-3H,4H2,1H3. The van der Waals surface area contributed by atoms with Crippen molar-refractivity contribution in [2.45, 2.75) is 13.5 Å². The predicted octanol–water partition coefficient (Wildman–Crippen LogP) is 3.00. The lowest BCUT2D eigenvalue weighted by atomic mass is 10.3. The summed E-state index contributed by atoms with van der Waals surface area (Å²) in [6.45, 7) is 1.63. The van der Waals surface area contributed by atoms with E-state index >= 15 is 0 Å². The zero-order valence-electron chi connectivity index (χ0n) is 8.71. The molecule has 0 spiro atoms. The topological polar surface area (TPSA) is 48.2 Å². The third-order valence-electron chi connectivity index (χ3n) is 2.07. The first-order valence-electron chi connectivity index (χ1n) is 4.63. The highest BCUT2D eigenvalue weighted by molar-refractivity contribution is 9.10. The summed E-state index contributed by atoms with van der Waals surface area (Å²) >= 11 is 3.05. The molecule has 2 rings (SSSR count). The molecule has 90 valence electrons. The lowest BCUT2D eigenvalue weighted by Gasteiger charge is -2.06. The van der Waals surface area contributed by atoms with E-state index in [0.29, 0.717) is 15.9 Å². The summed E-state index contributed by atoms with van der Waals surface area (Å²) in [5, 5.41) is 7.11. The van der Waals surface area contributed by atoms with Gasteiger partial charge in [0.2, 0.25) is 5.82 Å². The highest BCUT2D eigenvalue weighted by Gasteiger charge is 2.13. The minimum Gasteiger partial charge on any atom is -0.484 e. The molecule has 0 unspecified atom stereocenters. The smallest absolute Gasteiger partial charge is 0.200 e. The monoisotopic (exact) mass is 304 g/mol. The van der Waals surface area contributed by atoms with E-state index in [-0.39, 0.29) is 12.4 Å². The largest absolute Gasteiger partial charge is 0.484 e. The summed E-state index contributed by atoms with van der Waals surface area (Å²) in [4.78, 5) is 0. The minimum atomic E-state index is -1.04. The van der Waals surface area contributed by atoms with Crippen LogP contribution >= 0.6 is 15.9 Å². The first-order chi connectivity index (χ1) is 8.08. The zero-order valence-corrected chi connectivity index (χ0v) is 10.3. The number of benzene rings is 1. The van der Waals surface area contributed by atoms with Crippen molar-refractivity contribution in [2.24, 2.45) is 0 Å². The number of halogens is 3. The molecular formula is C10H7BrF2N2O2. The van der Waals surface area contributed by atoms with E-state index in [0.717, 1.165) is 6.07 Å². The average Bonchev–Trinajstić information content (AvgIpc) is 2.67. The molecule has 1 aromatic carbocycles. The molecule has 0 aliphatic heterocycles. The Bertz CT molecular complexity index is 545. The van der Waals surface area contributed by atoms with Gasteiger partial charge >= 0.3 is 0 Å². The van der Waals surface area contributed by atoms with Crippen molar-refractivity contribution in [3.63, 3.8) is 0 Å². The molecule has 1 heterocycles. The van der Waals surface area contributed by atoms with Gasteiger partial charge in [-0.25, -0.2) is 9.02 Å². The SMILES string of the molecule is Cc1nonc1COc1cc(Br)cc(F)c1F. The second-order valence-corrected chi connectivity index (χ2v) is 4.20. The van der Waals surface area contributed by atoms with Crippen molar-refractivity contribution in [1.29, 1.82) is 0 Å². The van der Waals surface area contributed by atoms with E-state index < -0.39 is 11.6 Å². The molecule has 0 radical (unpaired) electrons. The molecule has 1 aromatic heterocycles. The molecule has 0 saturated heterocycles. The Morgan fingerprint density at radius 3 is 2.76 bits per heavy atom. The maximum atomic E-state index is 13.3. The molecule has 17 heavy (non-hydrogen) atoms. The number of hydrogen-bond acceptors (Lipinski definition) is 4. The molecule has 0 bridgehead atoms. The van der Waals surface area contributed by atoms with Crippen LogP contribution in [0.3, 0.4) is 0 Å². The molecular weight excluding hydrogens is 298 g/mol. The van der Waals surface area contributed by atoms with E-state index in [4.69, 9.17) is 4.74 Å². The summed E-state index contributed by atoms with van der Waals surface area (Å²) in [5.41, 5.74) is 0.977. The summed E-state index contributed by atoms with van der Waals surface area (Å²) in [7, 11) is 0. The molecule has 0 aliphatic rings. The predicted molar refractivity (Wildman–Crippen MR) is 57.4 cm³/mol. The molecule has 0 aliphatic carbocycles. The van der Waals surface area contributed by atoms with Crippen LogP contribution in [0, 0.1) is 18.6 Å². The molecule has 4 nitrogen and oxygen atoms in total. The quantitative estimate of drug-likeness (QED) is 0.818. The van der Waals surface area contributed by atoms with Gasteiger partial charge in [0.15, 0.2) is 11.6 Å². The molecule has 0 fully saturated rings. The van der Waals surface area contributed by atoms with Crippen LogP contribution in [0.4, 0.5) is 8.78 Å². The van der Waals surface area contributed by atoms with Gasteiger partial charge in [0, 0.05) is 4.47 Å². The van der Waals surface area contributed by atoms with E-state index in [1.165, 1.54) is 6.07 Å². The lowest BCUT2D eigenvalue weighted by molar-refractivity contribution is 0.259. The fourth-order valence-electron chi connectivity index (χ4n) is 1.16. The first-order valence-corrected chi connectivity index (χ1v) is 5.42. The Morgan fingerprint density at radius 1 is 1.35 bits per heavy atom. The van der Waals surface area contributed by atoms with Crippen LogP contribution in [-0.4, -0.2) is 10.3 Å². The van der Waals surface area contributed by atoms with Gasteiger partial charge in [-0.15, -0.1) is 0 Å². The van der Waals surface area contributed by atoms with Crippen LogP contribution in [0.5, 0.6) is 5.75 Å². The summed E-state index contributed by atoms with van der Waals surface area (Å²) in [6.07, 6.45) is 0. The van der Waals surface area contributed by atoms with Crippen molar-refractivity contribution < 1.29 is 18.1 Å². The summed E-state index contributed by atoms with van der Waals surface area (Å²) in [5.74, 6) is -2.22. The Morgan fingerprint density at radius 2 is 2.12 bits per heavy atom. The van der Waals surface area contributed by atoms with Crippen LogP contribution < -0.4 is 4.74 Å². The Kier molecular flexibility index (Phi) is 3.37. The molecule has 2 aromatic rings. The van der Waals surface area contributed by atoms with Crippen LogP contribution in [0.2, 0.25) is 0 Å². The Hall–Kier alpha value is -1.50. The van der Waals surface area contributed by atoms with Gasteiger partial charge in [-0.1, -0.05) is 26.2 Å². The number of nitrogens with zero attached hydrogens (tertiary/aromatic N) is 2. The second kappa shape index (κ2) is 4.79. The molecule has 7 heteroatoms. The van der Waals surface area contributed by atoms with Gasteiger partial charge in [0.25, 0.3) is 0 Å². The fraction of sp³-hybridized carbons (Fsp3) is 0.200. The zero-order chi connectivity index (χ0) is 12.4. The number of ether oxygens (including phenoxy) is 1. The van der Waals surface area contributed by atoms with Crippen molar-refractivity contribution >= 4 is 15.9 Å². The van der Waals surface area contributed by atoms with Gasteiger partial charge in [-0.05, 0) is 19.1 Å². The third-order valence-corrected chi connectivity index (χ3v) is 2.53. The maximum absolute atomic E-state index is 13.3. The number of rotatable bonds is 3. The van der Waals surface area contributed by atoms with Crippen molar-refractivity contribution in [3.8, 4) is 5.75 Å². The van der Waals surface area contributed by atoms with Gasteiger partial charge in [0.05, 0.1) is 0 Å². The number of aromatic nitrogens is 2. The van der Waals surface area contributed by atoms with Crippen LogP contribution in [0.15, 0.2) is 21.2 Å².